The van der Waals surface area contributed by atoms with E-state index in [1.165, 1.54) is 14.9 Å². The summed E-state index contributed by atoms with van der Waals surface area (Å²) >= 11 is 3.55. The van der Waals surface area contributed by atoms with Crippen LogP contribution in [0.3, 0.4) is 0 Å². The summed E-state index contributed by atoms with van der Waals surface area (Å²) in [6, 6.07) is 0. The number of hydrogen-bond donors (Lipinski definition) is 1. The first kappa shape index (κ1) is 14.6. The molecule has 2 aromatic rings. The zero-order chi connectivity index (χ0) is 13.9. The summed E-state index contributed by atoms with van der Waals surface area (Å²) in [6.07, 6.45) is 3.00. The van der Waals surface area contributed by atoms with Crippen molar-refractivity contribution in [2.24, 2.45) is 0 Å². The molecule has 0 amide bonds. The van der Waals surface area contributed by atoms with Gasteiger partial charge in [0, 0.05) is 47.1 Å². The van der Waals surface area contributed by atoms with E-state index < -0.39 is 0 Å². The summed E-state index contributed by atoms with van der Waals surface area (Å²) in [5.74, 6) is 0. The zero-order valence-electron chi connectivity index (χ0n) is 12.0. The molecular formula is C14H21N3S2. The van der Waals surface area contributed by atoms with Gasteiger partial charge in [0.05, 0.1) is 10.0 Å². The maximum Gasteiger partial charge on any atom is 0.0981 e. The Morgan fingerprint density at radius 3 is 2.68 bits per heavy atom. The second-order valence-corrected chi connectivity index (χ2v) is 7.75. The molecule has 2 aromatic heterocycles. The molecule has 2 rings (SSSR count). The third-order valence-electron chi connectivity index (χ3n) is 2.68. The van der Waals surface area contributed by atoms with Crippen LogP contribution in [0.15, 0.2) is 11.6 Å². The lowest BCUT2D eigenvalue weighted by atomic mass is 9.98. The van der Waals surface area contributed by atoms with E-state index in [9.17, 15) is 0 Å². The Hall–Kier alpha value is -0.780. The van der Waals surface area contributed by atoms with Crippen molar-refractivity contribution in [3.05, 3.63) is 32.2 Å². The Morgan fingerprint density at radius 2 is 2.11 bits per heavy atom. The van der Waals surface area contributed by atoms with E-state index in [0.717, 1.165) is 25.2 Å². The first-order valence-corrected chi connectivity index (χ1v) is 8.21. The predicted octanol–water partition coefficient (Wildman–Crippen LogP) is 3.54. The SMILES string of the molecule is Cc1csc(CCNCc2cnc(C(C)(C)C)s2)n1. The summed E-state index contributed by atoms with van der Waals surface area (Å²) in [5.41, 5.74) is 1.28. The highest BCUT2D eigenvalue weighted by Gasteiger charge is 2.17. The second-order valence-electron chi connectivity index (χ2n) is 5.69. The molecule has 0 radical (unpaired) electrons. The van der Waals surface area contributed by atoms with Gasteiger partial charge in [0.1, 0.15) is 0 Å². The van der Waals surface area contributed by atoms with Crippen LogP contribution in [0.5, 0.6) is 0 Å². The third kappa shape index (κ3) is 4.37. The molecule has 3 nitrogen and oxygen atoms in total. The Morgan fingerprint density at radius 1 is 1.32 bits per heavy atom. The van der Waals surface area contributed by atoms with E-state index in [1.807, 2.05) is 13.1 Å². The second kappa shape index (κ2) is 6.11. The Balaban J connectivity index is 1.75. The third-order valence-corrected chi connectivity index (χ3v) is 5.13. The molecule has 104 valence electrons. The fourth-order valence-corrected chi connectivity index (χ4v) is 3.38. The van der Waals surface area contributed by atoms with E-state index in [1.54, 1.807) is 22.7 Å². The van der Waals surface area contributed by atoms with Crippen LogP contribution < -0.4 is 5.32 Å². The number of nitrogens with zero attached hydrogens (tertiary/aromatic N) is 2. The molecule has 0 spiro atoms. The summed E-state index contributed by atoms with van der Waals surface area (Å²) in [6.45, 7) is 10.5. The van der Waals surface area contributed by atoms with Gasteiger partial charge in [-0.25, -0.2) is 9.97 Å². The van der Waals surface area contributed by atoms with Gasteiger partial charge in [-0.15, -0.1) is 22.7 Å². The topological polar surface area (TPSA) is 37.8 Å². The van der Waals surface area contributed by atoms with Crippen LogP contribution >= 0.6 is 22.7 Å². The minimum Gasteiger partial charge on any atom is -0.311 e. The van der Waals surface area contributed by atoms with Gasteiger partial charge in [-0.05, 0) is 6.92 Å². The van der Waals surface area contributed by atoms with Gasteiger partial charge in [0.2, 0.25) is 0 Å². The largest absolute Gasteiger partial charge is 0.311 e. The zero-order valence-corrected chi connectivity index (χ0v) is 13.6. The smallest absolute Gasteiger partial charge is 0.0981 e. The normalized spacial score (nSPS) is 12.0. The molecule has 0 aliphatic carbocycles. The predicted molar refractivity (Wildman–Crippen MR) is 83.1 cm³/mol. The highest BCUT2D eigenvalue weighted by atomic mass is 32.1. The lowest BCUT2D eigenvalue weighted by Crippen LogP contribution is -2.15. The van der Waals surface area contributed by atoms with Gasteiger partial charge in [-0.3, -0.25) is 0 Å². The van der Waals surface area contributed by atoms with Gasteiger partial charge < -0.3 is 5.32 Å². The van der Waals surface area contributed by atoms with Gasteiger partial charge in [0.25, 0.3) is 0 Å². The molecule has 0 aliphatic heterocycles. The summed E-state index contributed by atoms with van der Waals surface area (Å²) in [7, 11) is 0. The van der Waals surface area contributed by atoms with Crippen LogP contribution in [-0.4, -0.2) is 16.5 Å². The van der Waals surface area contributed by atoms with Crippen LogP contribution in [0.2, 0.25) is 0 Å². The maximum atomic E-state index is 4.50. The van der Waals surface area contributed by atoms with Gasteiger partial charge in [-0.1, -0.05) is 20.8 Å². The van der Waals surface area contributed by atoms with Gasteiger partial charge >= 0.3 is 0 Å². The highest BCUT2D eigenvalue weighted by Crippen LogP contribution is 2.26. The van der Waals surface area contributed by atoms with Crippen molar-refractivity contribution in [2.75, 3.05) is 6.54 Å². The van der Waals surface area contributed by atoms with Crippen molar-refractivity contribution < 1.29 is 0 Å². The first-order valence-electron chi connectivity index (χ1n) is 6.52. The number of aromatic nitrogens is 2. The monoisotopic (exact) mass is 295 g/mol. The van der Waals surface area contributed by atoms with Crippen LogP contribution in [0.25, 0.3) is 0 Å². The number of thiazole rings is 2. The molecule has 19 heavy (non-hydrogen) atoms. The van der Waals surface area contributed by atoms with E-state index in [0.29, 0.717) is 0 Å². The molecule has 0 saturated heterocycles. The van der Waals surface area contributed by atoms with Gasteiger partial charge in [0.15, 0.2) is 0 Å². The molecule has 0 atom stereocenters. The number of rotatable bonds is 5. The van der Waals surface area contributed by atoms with E-state index in [2.05, 4.69) is 41.4 Å². The molecule has 0 aromatic carbocycles. The molecule has 1 N–H and O–H groups in total. The Labute approximate surface area is 123 Å². The molecule has 0 fully saturated rings. The standard InChI is InChI=1S/C14H21N3S2/c1-10-9-18-12(17-10)5-6-15-7-11-8-16-13(19-11)14(2,3)4/h8-9,15H,5-7H2,1-4H3. The highest BCUT2D eigenvalue weighted by molar-refractivity contribution is 7.11. The Bertz CT molecular complexity index is 523. The quantitative estimate of drug-likeness (QED) is 0.857. The molecule has 5 heteroatoms. The number of nitrogens with one attached hydrogen (secondary N) is 1. The average molecular weight is 295 g/mol. The van der Waals surface area contributed by atoms with Crippen molar-refractivity contribution >= 4 is 22.7 Å². The summed E-state index contributed by atoms with van der Waals surface area (Å²) in [5, 5.41) is 7.99. The Kier molecular flexibility index (Phi) is 4.71. The fraction of sp³-hybridized carbons (Fsp3) is 0.571. The van der Waals surface area contributed by atoms with Crippen LogP contribution in [0, 0.1) is 6.92 Å². The lowest BCUT2D eigenvalue weighted by molar-refractivity contribution is 0.585. The molecule has 0 unspecified atom stereocenters. The van der Waals surface area contributed by atoms with Crippen LogP contribution in [-0.2, 0) is 18.4 Å². The van der Waals surface area contributed by atoms with Crippen molar-refractivity contribution in [1.29, 1.82) is 0 Å². The number of aryl methyl sites for hydroxylation is 1. The maximum absolute atomic E-state index is 4.50. The fourth-order valence-electron chi connectivity index (χ4n) is 1.66. The van der Waals surface area contributed by atoms with Gasteiger partial charge in [-0.2, -0.15) is 0 Å². The van der Waals surface area contributed by atoms with Crippen LogP contribution in [0.1, 0.15) is 41.4 Å². The summed E-state index contributed by atoms with van der Waals surface area (Å²) < 4.78 is 0. The minimum absolute atomic E-state index is 0.154. The van der Waals surface area contributed by atoms with Crippen molar-refractivity contribution in [1.82, 2.24) is 15.3 Å². The van der Waals surface area contributed by atoms with Crippen LogP contribution in [0.4, 0.5) is 0 Å². The molecular weight excluding hydrogens is 274 g/mol. The van der Waals surface area contributed by atoms with E-state index in [-0.39, 0.29) is 5.41 Å². The van der Waals surface area contributed by atoms with Crippen molar-refractivity contribution in [3.63, 3.8) is 0 Å². The molecule has 0 bridgehead atoms. The van der Waals surface area contributed by atoms with E-state index in [4.69, 9.17) is 0 Å². The van der Waals surface area contributed by atoms with Crippen molar-refractivity contribution in [2.45, 2.75) is 46.1 Å². The lowest BCUT2D eigenvalue weighted by Gasteiger charge is -2.13. The molecule has 0 aliphatic rings. The minimum atomic E-state index is 0.154. The van der Waals surface area contributed by atoms with E-state index >= 15 is 0 Å². The summed E-state index contributed by atoms with van der Waals surface area (Å²) in [4.78, 5) is 10.3. The average Bonchev–Trinajstić information content (AvgIpc) is 2.93. The first-order chi connectivity index (χ1) is 8.95. The van der Waals surface area contributed by atoms with Crippen molar-refractivity contribution in [3.8, 4) is 0 Å². The molecule has 2 heterocycles. The number of hydrogen-bond acceptors (Lipinski definition) is 5. The molecule has 0 saturated carbocycles.